The lowest BCUT2D eigenvalue weighted by molar-refractivity contribution is -0.168. The zero-order valence-electron chi connectivity index (χ0n) is 12.3. The molecular formula is C16H28O3. The molecule has 1 spiro atoms. The summed E-state index contributed by atoms with van der Waals surface area (Å²) in [6.07, 6.45) is 10.1. The monoisotopic (exact) mass is 268 g/mol. The van der Waals surface area contributed by atoms with Gasteiger partial charge >= 0.3 is 0 Å². The highest BCUT2D eigenvalue weighted by molar-refractivity contribution is 5.92. The fraction of sp³-hybridized carbons (Fsp3) is 0.938. The minimum Gasteiger partial charge on any atom is -0.379 e. The van der Waals surface area contributed by atoms with Gasteiger partial charge in [-0.2, -0.15) is 0 Å². The molecule has 2 saturated carbocycles. The molecule has 2 rings (SSSR count). The van der Waals surface area contributed by atoms with Crippen LogP contribution in [0.3, 0.4) is 0 Å². The van der Waals surface area contributed by atoms with E-state index >= 15 is 0 Å². The third-order valence-electron chi connectivity index (χ3n) is 4.73. The first-order valence-electron chi connectivity index (χ1n) is 8.02. The molecule has 2 aliphatic carbocycles. The van der Waals surface area contributed by atoms with Gasteiger partial charge < -0.3 is 9.47 Å². The first-order chi connectivity index (χ1) is 9.29. The van der Waals surface area contributed by atoms with Crippen molar-refractivity contribution in [1.29, 1.82) is 0 Å². The van der Waals surface area contributed by atoms with Gasteiger partial charge in [-0.05, 0) is 19.3 Å². The Morgan fingerprint density at radius 1 is 1.11 bits per heavy atom. The highest BCUT2D eigenvalue weighted by Crippen LogP contribution is 2.49. The summed E-state index contributed by atoms with van der Waals surface area (Å²) in [5.41, 5.74) is -0.111. The molecule has 0 aliphatic heterocycles. The maximum absolute atomic E-state index is 12.0. The highest BCUT2D eigenvalue weighted by Gasteiger charge is 2.54. The van der Waals surface area contributed by atoms with Crippen LogP contribution >= 0.6 is 0 Å². The van der Waals surface area contributed by atoms with Gasteiger partial charge in [-0.15, -0.1) is 0 Å². The number of hydrogen-bond acceptors (Lipinski definition) is 3. The zero-order chi connectivity index (χ0) is 13.6. The van der Waals surface area contributed by atoms with Crippen molar-refractivity contribution in [3.63, 3.8) is 0 Å². The third kappa shape index (κ3) is 3.57. The lowest BCUT2D eigenvalue weighted by atomic mass is 9.60. The average molecular weight is 268 g/mol. The molecule has 2 fully saturated rings. The van der Waals surface area contributed by atoms with E-state index in [2.05, 4.69) is 6.92 Å². The molecule has 19 heavy (non-hydrogen) atoms. The number of ketones is 1. The second-order valence-corrected chi connectivity index (χ2v) is 6.02. The normalized spacial score (nSPS) is 26.2. The molecule has 0 heterocycles. The fourth-order valence-corrected chi connectivity index (χ4v) is 3.39. The fourth-order valence-electron chi connectivity index (χ4n) is 3.39. The van der Waals surface area contributed by atoms with Crippen molar-refractivity contribution in [1.82, 2.24) is 0 Å². The lowest BCUT2D eigenvalue weighted by Gasteiger charge is -2.47. The molecule has 0 amide bonds. The SMILES string of the molecule is CCCCOCCOC1CC(=O)C12CCCCCC2. The second-order valence-electron chi connectivity index (χ2n) is 6.02. The molecule has 2 aliphatic rings. The van der Waals surface area contributed by atoms with Crippen molar-refractivity contribution in [2.45, 2.75) is 70.8 Å². The molecule has 3 heteroatoms. The third-order valence-corrected chi connectivity index (χ3v) is 4.73. The van der Waals surface area contributed by atoms with E-state index in [0.717, 1.165) is 25.9 Å². The maximum atomic E-state index is 12.0. The number of carbonyl (C=O) groups is 1. The molecule has 0 radical (unpaired) electrons. The van der Waals surface area contributed by atoms with Crippen LogP contribution in [0.15, 0.2) is 0 Å². The van der Waals surface area contributed by atoms with Gasteiger partial charge in [0.2, 0.25) is 0 Å². The van der Waals surface area contributed by atoms with E-state index in [-0.39, 0.29) is 11.5 Å². The van der Waals surface area contributed by atoms with Crippen molar-refractivity contribution in [2.24, 2.45) is 5.41 Å². The van der Waals surface area contributed by atoms with Gasteiger partial charge in [0.05, 0.1) is 24.7 Å². The summed E-state index contributed by atoms with van der Waals surface area (Å²) in [5.74, 6) is 0.450. The van der Waals surface area contributed by atoms with Crippen molar-refractivity contribution in [3.05, 3.63) is 0 Å². The molecule has 0 saturated heterocycles. The first-order valence-corrected chi connectivity index (χ1v) is 8.02. The minimum atomic E-state index is -0.111. The smallest absolute Gasteiger partial charge is 0.144 e. The summed E-state index contributed by atoms with van der Waals surface area (Å²) in [4.78, 5) is 12.0. The molecule has 0 aromatic heterocycles. The van der Waals surface area contributed by atoms with Crippen LogP contribution in [-0.2, 0) is 14.3 Å². The van der Waals surface area contributed by atoms with Crippen LogP contribution in [0.25, 0.3) is 0 Å². The van der Waals surface area contributed by atoms with Crippen LogP contribution in [0, 0.1) is 5.41 Å². The van der Waals surface area contributed by atoms with Gasteiger partial charge in [-0.25, -0.2) is 0 Å². The quantitative estimate of drug-likeness (QED) is 0.663. The Hall–Kier alpha value is -0.410. The maximum Gasteiger partial charge on any atom is 0.144 e. The molecule has 1 unspecified atom stereocenters. The zero-order valence-corrected chi connectivity index (χ0v) is 12.3. The summed E-state index contributed by atoms with van der Waals surface area (Å²) in [6.45, 7) is 4.30. The molecular weight excluding hydrogens is 240 g/mol. The van der Waals surface area contributed by atoms with E-state index in [1.54, 1.807) is 0 Å². The van der Waals surface area contributed by atoms with Crippen molar-refractivity contribution < 1.29 is 14.3 Å². The minimum absolute atomic E-state index is 0.111. The van der Waals surface area contributed by atoms with E-state index in [1.165, 1.54) is 32.1 Å². The van der Waals surface area contributed by atoms with Gasteiger partial charge in [-0.3, -0.25) is 4.79 Å². The summed E-state index contributed by atoms with van der Waals surface area (Å²) in [7, 11) is 0. The number of ether oxygens (including phenoxy) is 2. The Morgan fingerprint density at radius 2 is 1.84 bits per heavy atom. The molecule has 110 valence electrons. The van der Waals surface area contributed by atoms with Gasteiger partial charge in [0.1, 0.15) is 5.78 Å². The molecule has 3 nitrogen and oxygen atoms in total. The standard InChI is InChI=1S/C16H28O3/c1-2-3-10-18-11-12-19-15-13-14(17)16(15)8-6-4-5-7-9-16/h15H,2-13H2,1H3. The Balaban J connectivity index is 1.70. The molecule has 0 bridgehead atoms. The van der Waals surface area contributed by atoms with Crippen LogP contribution in [0.2, 0.25) is 0 Å². The van der Waals surface area contributed by atoms with Crippen LogP contribution in [0.1, 0.15) is 64.7 Å². The van der Waals surface area contributed by atoms with Gasteiger partial charge in [-0.1, -0.05) is 39.0 Å². The van der Waals surface area contributed by atoms with E-state index < -0.39 is 0 Å². The van der Waals surface area contributed by atoms with Crippen LogP contribution in [0.4, 0.5) is 0 Å². The van der Waals surface area contributed by atoms with Gasteiger partial charge in [0.15, 0.2) is 0 Å². The van der Waals surface area contributed by atoms with Crippen LogP contribution < -0.4 is 0 Å². The Bertz CT molecular complexity index is 280. The van der Waals surface area contributed by atoms with E-state index in [9.17, 15) is 4.79 Å². The average Bonchev–Trinajstić information content (AvgIpc) is 2.69. The Morgan fingerprint density at radius 3 is 2.47 bits per heavy atom. The van der Waals surface area contributed by atoms with Crippen molar-refractivity contribution in [2.75, 3.05) is 19.8 Å². The summed E-state index contributed by atoms with van der Waals surface area (Å²) >= 11 is 0. The second kappa shape index (κ2) is 7.39. The largest absolute Gasteiger partial charge is 0.379 e. The number of hydrogen-bond donors (Lipinski definition) is 0. The van der Waals surface area contributed by atoms with E-state index in [4.69, 9.17) is 9.47 Å². The molecule has 0 aromatic carbocycles. The molecule has 0 N–H and O–H groups in total. The molecule has 0 aromatic rings. The van der Waals surface area contributed by atoms with Crippen LogP contribution in [0.5, 0.6) is 0 Å². The predicted molar refractivity (Wildman–Crippen MR) is 75.2 cm³/mol. The van der Waals surface area contributed by atoms with Crippen molar-refractivity contribution >= 4 is 5.78 Å². The summed E-state index contributed by atoms with van der Waals surface area (Å²) in [5, 5.41) is 0. The summed E-state index contributed by atoms with van der Waals surface area (Å²) in [6, 6.07) is 0. The predicted octanol–water partition coefficient (Wildman–Crippen LogP) is 3.50. The number of carbonyl (C=O) groups excluding carboxylic acids is 1. The van der Waals surface area contributed by atoms with E-state index in [1.807, 2.05) is 0 Å². The summed E-state index contributed by atoms with van der Waals surface area (Å²) < 4.78 is 11.4. The van der Waals surface area contributed by atoms with E-state index in [0.29, 0.717) is 25.4 Å². The molecule has 1 atom stereocenters. The van der Waals surface area contributed by atoms with Crippen molar-refractivity contribution in [3.8, 4) is 0 Å². The number of rotatable bonds is 7. The Labute approximate surface area is 117 Å². The Kier molecular flexibility index (Phi) is 5.83. The highest BCUT2D eigenvalue weighted by atomic mass is 16.5. The van der Waals surface area contributed by atoms with Gasteiger partial charge in [0, 0.05) is 13.0 Å². The topological polar surface area (TPSA) is 35.5 Å². The number of unbranched alkanes of at least 4 members (excludes halogenated alkanes) is 1. The number of Topliss-reactive ketones (excluding diaryl/α,β-unsaturated/α-hetero) is 1. The van der Waals surface area contributed by atoms with Crippen LogP contribution in [-0.4, -0.2) is 31.7 Å². The van der Waals surface area contributed by atoms with Gasteiger partial charge in [0.25, 0.3) is 0 Å². The lowest BCUT2D eigenvalue weighted by Crippen LogP contribution is -2.55. The first kappa shape index (κ1) is 15.0.